The maximum atomic E-state index is 10.5. The zero-order chi connectivity index (χ0) is 12.5. The minimum Gasteiger partial charge on any atom is -0.394 e. The molecule has 0 bridgehead atoms. The predicted octanol–water partition coefficient (Wildman–Crippen LogP) is -2.64. The second-order valence-electron chi connectivity index (χ2n) is 3.71. The van der Waals surface area contributed by atoms with Gasteiger partial charge in [0, 0.05) is 0 Å². The molecule has 5 atom stereocenters. The molecule has 0 aromatic rings. The topological polar surface area (TPSA) is 136 Å². The number of nitrogens with one attached hydrogen (secondary N) is 1. The van der Waals surface area contributed by atoms with Gasteiger partial charge in [-0.15, -0.1) is 10.2 Å². The number of hydrogen-bond donors (Lipinski definition) is 4. The molecule has 17 heavy (non-hydrogen) atoms. The van der Waals surface area contributed by atoms with Gasteiger partial charge in [0.15, 0.2) is 6.10 Å². The number of carbonyl (C=O) groups excluding carboxylic acids is 1. The molecule has 0 spiro atoms. The van der Waals surface area contributed by atoms with E-state index < -0.39 is 36.8 Å². The van der Waals surface area contributed by atoms with Crippen molar-refractivity contribution in [3.8, 4) is 0 Å². The minimum absolute atomic E-state index is 0.344. The summed E-state index contributed by atoms with van der Waals surface area (Å²) < 4.78 is 5.24. The first kappa shape index (κ1) is 12.0. The molecule has 2 unspecified atom stereocenters. The van der Waals surface area contributed by atoms with Crippen molar-refractivity contribution in [1.82, 2.24) is 5.32 Å². The largest absolute Gasteiger partial charge is 0.394 e. The average molecular weight is 244 g/mol. The molecule has 0 aliphatic carbocycles. The van der Waals surface area contributed by atoms with Gasteiger partial charge in [-0.05, 0) is 0 Å². The summed E-state index contributed by atoms with van der Waals surface area (Å²) in [4.78, 5) is 14.3. The zero-order valence-corrected chi connectivity index (χ0v) is 8.67. The molecule has 0 saturated carbocycles. The fourth-order valence-electron chi connectivity index (χ4n) is 1.85. The van der Waals surface area contributed by atoms with Gasteiger partial charge >= 0.3 is 0 Å². The number of ether oxygens (including phenoxy) is 1. The van der Waals surface area contributed by atoms with Gasteiger partial charge in [-0.25, -0.2) is 4.99 Å². The lowest BCUT2D eigenvalue weighted by molar-refractivity contribution is -0.115. The number of amides is 1. The van der Waals surface area contributed by atoms with Gasteiger partial charge < -0.3 is 25.4 Å². The number of aliphatic hydroxyl groups excluding tert-OH is 3. The van der Waals surface area contributed by atoms with Crippen LogP contribution in [0.1, 0.15) is 0 Å². The van der Waals surface area contributed by atoms with Crippen LogP contribution in [-0.4, -0.2) is 64.9 Å². The second-order valence-corrected chi connectivity index (χ2v) is 3.71. The van der Waals surface area contributed by atoms with E-state index in [1.807, 2.05) is 0 Å². The Balaban J connectivity index is 2.24. The van der Waals surface area contributed by atoms with Gasteiger partial charge in [-0.3, -0.25) is 4.79 Å². The lowest BCUT2D eigenvalue weighted by atomic mass is 10.0. The van der Waals surface area contributed by atoms with E-state index in [1.165, 1.54) is 0 Å². The van der Waals surface area contributed by atoms with E-state index in [1.54, 1.807) is 0 Å². The second kappa shape index (κ2) is 4.45. The number of aliphatic imine (C=N–C) groups is 1. The van der Waals surface area contributed by atoms with Gasteiger partial charge in [-0.2, -0.15) is 0 Å². The highest BCUT2D eigenvalue weighted by molar-refractivity contribution is 5.59. The van der Waals surface area contributed by atoms with Crippen LogP contribution in [0.3, 0.4) is 0 Å². The zero-order valence-electron chi connectivity index (χ0n) is 8.67. The first-order chi connectivity index (χ1) is 8.14. The number of azo groups is 1. The fourth-order valence-corrected chi connectivity index (χ4v) is 1.85. The maximum Gasteiger partial charge on any atom is 0.277 e. The number of carbonyl (C=O) groups is 1. The molecule has 4 N–H and O–H groups in total. The van der Waals surface area contributed by atoms with Gasteiger partial charge in [0.2, 0.25) is 6.41 Å². The van der Waals surface area contributed by atoms with E-state index in [4.69, 9.17) is 9.84 Å². The summed E-state index contributed by atoms with van der Waals surface area (Å²) in [7, 11) is 0. The molecule has 1 amide bonds. The molecule has 9 heteroatoms. The van der Waals surface area contributed by atoms with Crippen LogP contribution < -0.4 is 5.32 Å². The van der Waals surface area contributed by atoms with Crippen LogP contribution in [0, 0.1) is 0 Å². The number of rotatable bonds is 4. The molecule has 0 aromatic carbocycles. The molecule has 1 saturated heterocycles. The number of hydrogen-bond acceptors (Lipinski definition) is 8. The minimum atomic E-state index is -1.58. The summed E-state index contributed by atoms with van der Waals surface area (Å²) in [5, 5.41) is 37.8. The van der Waals surface area contributed by atoms with Crippen LogP contribution in [0.25, 0.3) is 0 Å². The molecular formula is C8H12N4O5. The van der Waals surface area contributed by atoms with Crippen LogP contribution in [0.15, 0.2) is 15.2 Å². The van der Waals surface area contributed by atoms with Crippen molar-refractivity contribution in [1.29, 1.82) is 0 Å². The summed E-state index contributed by atoms with van der Waals surface area (Å²) >= 11 is 0. The third-order valence-corrected chi connectivity index (χ3v) is 2.73. The van der Waals surface area contributed by atoms with Gasteiger partial charge in [-0.1, -0.05) is 0 Å². The van der Waals surface area contributed by atoms with Crippen LogP contribution in [0.2, 0.25) is 0 Å². The lowest BCUT2D eigenvalue weighted by Crippen LogP contribution is -2.55. The normalized spacial score (nSPS) is 44.2. The predicted molar refractivity (Wildman–Crippen MR) is 53.0 cm³/mol. The Kier molecular flexibility index (Phi) is 3.15. The Bertz CT molecular complexity index is 348. The summed E-state index contributed by atoms with van der Waals surface area (Å²) in [6.07, 6.45) is -3.23. The Morgan fingerprint density at radius 1 is 1.47 bits per heavy atom. The van der Waals surface area contributed by atoms with Crippen molar-refractivity contribution in [2.24, 2.45) is 15.2 Å². The number of aliphatic hydroxyl groups is 3. The highest BCUT2D eigenvalue weighted by atomic mass is 16.6. The Hall–Kier alpha value is -1.42. The molecule has 2 aliphatic heterocycles. The lowest BCUT2D eigenvalue weighted by Gasteiger charge is -2.28. The standard InChI is InChI=1S/C8H12N4O5/c13-1-4-5(15)6(16)7(17-4)8(10-3-14)9-2-11-12-8/h2-7,13,15-16H,1H2,(H,10,14)/t4-,5-,6-,7?,8?/m1/s1. The highest BCUT2D eigenvalue weighted by Crippen LogP contribution is 2.32. The molecule has 2 rings (SSSR count). The molecule has 0 aromatic heterocycles. The summed E-state index contributed by atoms with van der Waals surface area (Å²) in [5.74, 6) is -1.58. The molecule has 94 valence electrons. The van der Waals surface area contributed by atoms with Crippen molar-refractivity contribution >= 4 is 12.7 Å². The van der Waals surface area contributed by atoms with Crippen molar-refractivity contribution in [2.75, 3.05) is 6.61 Å². The van der Waals surface area contributed by atoms with E-state index in [0.29, 0.717) is 6.41 Å². The molecule has 1 fully saturated rings. The van der Waals surface area contributed by atoms with Crippen LogP contribution in [0.5, 0.6) is 0 Å². The van der Waals surface area contributed by atoms with Crippen LogP contribution in [-0.2, 0) is 9.53 Å². The Morgan fingerprint density at radius 3 is 2.71 bits per heavy atom. The smallest absolute Gasteiger partial charge is 0.277 e. The van der Waals surface area contributed by atoms with Crippen molar-refractivity contribution in [3.63, 3.8) is 0 Å². The van der Waals surface area contributed by atoms with E-state index in [-0.39, 0.29) is 0 Å². The molecule has 2 heterocycles. The third-order valence-electron chi connectivity index (χ3n) is 2.73. The first-order valence-corrected chi connectivity index (χ1v) is 4.94. The van der Waals surface area contributed by atoms with E-state index in [0.717, 1.165) is 6.34 Å². The summed E-state index contributed by atoms with van der Waals surface area (Å²) in [5.41, 5.74) is 0. The third kappa shape index (κ3) is 1.82. The Labute approximate surface area is 95.8 Å². The SMILES string of the molecule is O=CNC1(C2O[C@H](CO)[C@@H](O)[C@H]2O)N=CN=N1. The van der Waals surface area contributed by atoms with Crippen LogP contribution >= 0.6 is 0 Å². The van der Waals surface area contributed by atoms with E-state index in [2.05, 4.69) is 20.5 Å². The van der Waals surface area contributed by atoms with Crippen molar-refractivity contribution in [2.45, 2.75) is 30.2 Å². The van der Waals surface area contributed by atoms with Crippen molar-refractivity contribution in [3.05, 3.63) is 0 Å². The Morgan fingerprint density at radius 2 is 2.24 bits per heavy atom. The maximum absolute atomic E-state index is 10.5. The molecule has 2 aliphatic rings. The van der Waals surface area contributed by atoms with E-state index >= 15 is 0 Å². The molecular weight excluding hydrogens is 232 g/mol. The fraction of sp³-hybridized carbons (Fsp3) is 0.750. The quantitative estimate of drug-likeness (QED) is 0.401. The van der Waals surface area contributed by atoms with Gasteiger partial charge in [0.1, 0.15) is 24.7 Å². The first-order valence-electron chi connectivity index (χ1n) is 4.94. The summed E-state index contributed by atoms with van der Waals surface area (Å²) in [6, 6.07) is 0. The molecule has 9 nitrogen and oxygen atoms in total. The molecule has 0 radical (unpaired) electrons. The van der Waals surface area contributed by atoms with E-state index in [9.17, 15) is 15.0 Å². The monoisotopic (exact) mass is 244 g/mol. The summed E-state index contributed by atoms with van der Waals surface area (Å²) in [6.45, 7) is -0.466. The van der Waals surface area contributed by atoms with Crippen LogP contribution in [0.4, 0.5) is 0 Å². The van der Waals surface area contributed by atoms with Gasteiger partial charge in [0.25, 0.3) is 5.79 Å². The van der Waals surface area contributed by atoms with Crippen molar-refractivity contribution < 1.29 is 24.9 Å². The van der Waals surface area contributed by atoms with Gasteiger partial charge in [0.05, 0.1) is 6.61 Å². The number of nitrogens with zero attached hydrogens (tertiary/aromatic N) is 3. The highest BCUT2D eigenvalue weighted by Gasteiger charge is 2.55. The average Bonchev–Trinajstić information content (AvgIpc) is 2.88.